The second-order valence-corrected chi connectivity index (χ2v) is 7.96. The average Bonchev–Trinajstić information content (AvgIpc) is 3.40. The molecule has 0 amide bonds. The van der Waals surface area contributed by atoms with Crippen molar-refractivity contribution in [3.8, 4) is 22.5 Å². The Bertz CT molecular complexity index is 1330. The van der Waals surface area contributed by atoms with Gasteiger partial charge in [0.2, 0.25) is 0 Å². The molecule has 3 N–H and O–H groups in total. The number of H-pyrrole nitrogens is 1. The first-order valence-electron chi connectivity index (χ1n) is 10.4. The van der Waals surface area contributed by atoms with E-state index < -0.39 is 5.82 Å². The van der Waals surface area contributed by atoms with Crippen molar-refractivity contribution in [3.63, 3.8) is 0 Å². The van der Waals surface area contributed by atoms with Gasteiger partial charge in [0.25, 0.3) is 0 Å². The van der Waals surface area contributed by atoms with Gasteiger partial charge in [0.05, 0.1) is 16.8 Å². The molecule has 1 saturated heterocycles. The van der Waals surface area contributed by atoms with Crippen molar-refractivity contribution in [2.75, 3.05) is 25.0 Å². The lowest BCUT2D eigenvalue weighted by Gasteiger charge is -2.24. The van der Waals surface area contributed by atoms with Crippen molar-refractivity contribution in [1.29, 1.82) is 0 Å². The molecule has 2 aromatic heterocycles. The highest BCUT2D eigenvalue weighted by Crippen LogP contribution is 2.40. The Morgan fingerprint density at radius 2 is 2.03 bits per heavy atom. The number of nitrogens with two attached hydrogens (primary N) is 1. The van der Waals surface area contributed by atoms with Crippen LogP contribution in [0.15, 0.2) is 53.8 Å². The van der Waals surface area contributed by atoms with E-state index in [1.807, 2.05) is 6.07 Å². The van der Waals surface area contributed by atoms with Gasteiger partial charge in [0, 0.05) is 50.4 Å². The summed E-state index contributed by atoms with van der Waals surface area (Å²) in [5, 5.41) is 0. The lowest BCUT2D eigenvalue weighted by atomic mass is 9.99. The van der Waals surface area contributed by atoms with Gasteiger partial charge in [-0.3, -0.25) is 9.98 Å². The van der Waals surface area contributed by atoms with Gasteiger partial charge < -0.3 is 15.6 Å². The van der Waals surface area contributed by atoms with Gasteiger partial charge in [-0.25, -0.2) is 13.8 Å². The highest BCUT2D eigenvalue weighted by atomic mass is 19.1. The summed E-state index contributed by atoms with van der Waals surface area (Å²) in [6.07, 6.45) is 5.86. The number of imidazole rings is 1. The van der Waals surface area contributed by atoms with Crippen LogP contribution in [0.4, 0.5) is 14.5 Å². The number of fused-ring (bicyclic) bond motifs is 1. The summed E-state index contributed by atoms with van der Waals surface area (Å²) >= 11 is 0. The number of aliphatic imine (C=N–C) groups is 1. The van der Waals surface area contributed by atoms with Gasteiger partial charge in [-0.05, 0) is 47.9 Å². The molecule has 1 fully saturated rings. The molecule has 0 spiro atoms. The van der Waals surface area contributed by atoms with Crippen molar-refractivity contribution in [2.24, 2.45) is 10.7 Å². The molecule has 8 heteroatoms. The quantitative estimate of drug-likeness (QED) is 0.475. The van der Waals surface area contributed by atoms with Gasteiger partial charge in [-0.15, -0.1) is 0 Å². The summed E-state index contributed by atoms with van der Waals surface area (Å²) in [5.74, 6) is -0.258. The lowest BCUT2D eigenvalue weighted by Crippen LogP contribution is -2.27. The number of aromatic amines is 1. The molecular weight excluding hydrogens is 410 g/mol. The van der Waals surface area contributed by atoms with E-state index in [2.05, 4.69) is 24.8 Å². The topological polar surface area (TPSA) is 83.2 Å². The number of para-hydroxylation sites is 1. The number of anilines is 1. The standard InChI is InChI=1S/C24H22F2N6/c1-28-10-14-7-15(9-16(25)8-14)18-11-29-12-19(23(18)32-6-5-17(27)13-32)24-30-21-4-2-3-20(26)22(21)31-24/h2-4,7-12,17H,5-6,13,27H2,1H3,(H,30,31)/b28-10+/t17-/m0/s1. The molecule has 0 bridgehead atoms. The fourth-order valence-electron chi connectivity index (χ4n) is 4.29. The molecule has 1 atom stereocenters. The molecule has 162 valence electrons. The molecule has 1 aliphatic rings. The highest BCUT2D eigenvalue weighted by molar-refractivity contribution is 5.92. The third kappa shape index (κ3) is 3.62. The van der Waals surface area contributed by atoms with Crippen LogP contribution in [0.2, 0.25) is 0 Å². The van der Waals surface area contributed by atoms with Crippen LogP contribution in [-0.2, 0) is 0 Å². The molecular formula is C24H22F2N6. The van der Waals surface area contributed by atoms with Gasteiger partial charge >= 0.3 is 0 Å². The molecule has 0 unspecified atom stereocenters. The number of nitrogens with zero attached hydrogens (tertiary/aromatic N) is 4. The number of hydrogen-bond donors (Lipinski definition) is 2. The Balaban J connectivity index is 1.74. The normalized spacial score (nSPS) is 16.5. The van der Waals surface area contributed by atoms with Crippen molar-refractivity contribution < 1.29 is 8.78 Å². The van der Waals surface area contributed by atoms with E-state index in [4.69, 9.17) is 5.73 Å². The molecule has 0 aliphatic carbocycles. The van der Waals surface area contributed by atoms with Crippen LogP contribution in [-0.4, -0.2) is 47.3 Å². The maximum Gasteiger partial charge on any atom is 0.151 e. The molecule has 4 aromatic rings. The van der Waals surface area contributed by atoms with Gasteiger partial charge in [-0.1, -0.05) is 6.07 Å². The Morgan fingerprint density at radius 3 is 2.78 bits per heavy atom. The Labute approximate surface area is 183 Å². The Morgan fingerprint density at radius 1 is 1.19 bits per heavy atom. The summed E-state index contributed by atoms with van der Waals surface area (Å²) in [6, 6.07) is 9.61. The van der Waals surface area contributed by atoms with E-state index in [9.17, 15) is 8.78 Å². The minimum Gasteiger partial charge on any atom is -0.369 e. The fourth-order valence-corrected chi connectivity index (χ4v) is 4.29. The number of nitrogens with one attached hydrogen (secondary N) is 1. The van der Waals surface area contributed by atoms with Gasteiger partial charge in [0.15, 0.2) is 5.82 Å². The van der Waals surface area contributed by atoms with E-state index in [0.29, 0.717) is 34.6 Å². The largest absolute Gasteiger partial charge is 0.369 e. The maximum atomic E-state index is 14.4. The zero-order valence-corrected chi connectivity index (χ0v) is 17.5. The summed E-state index contributed by atoms with van der Waals surface area (Å²) in [4.78, 5) is 18.3. The highest BCUT2D eigenvalue weighted by Gasteiger charge is 2.26. The van der Waals surface area contributed by atoms with Crippen LogP contribution >= 0.6 is 0 Å². The van der Waals surface area contributed by atoms with Crippen LogP contribution in [0.25, 0.3) is 33.5 Å². The van der Waals surface area contributed by atoms with Crippen molar-refractivity contribution in [1.82, 2.24) is 15.0 Å². The zero-order chi connectivity index (χ0) is 22.2. The third-order valence-corrected chi connectivity index (χ3v) is 5.69. The summed E-state index contributed by atoms with van der Waals surface area (Å²) in [6.45, 7) is 1.40. The monoisotopic (exact) mass is 432 g/mol. The molecule has 0 radical (unpaired) electrons. The number of halogens is 2. The van der Waals surface area contributed by atoms with Gasteiger partial charge in [-0.2, -0.15) is 0 Å². The third-order valence-electron chi connectivity index (χ3n) is 5.69. The van der Waals surface area contributed by atoms with E-state index >= 15 is 0 Å². The first-order chi connectivity index (χ1) is 15.5. The van der Waals surface area contributed by atoms with E-state index in [0.717, 1.165) is 24.2 Å². The van der Waals surface area contributed by atoms with Crippen molar-refractivity contribution in [3.05, 3.63) is 66.0 Å². The van der Waals surface area contributed by atoms with Gasteiger partial charge in [0.1, 0.15) is 17.2 Å². The second kappa shape index (κ2) is 8.12. The van der Waals surface area contributed by atoms with Crippen LogP contribution in [0, 0.1) is 11.6 Å². The summed E-state index contributed by atoms with van der Waals surface area (Å²) < 4.78 is 28.7. The number of hydrogen-bond acceptors (Lipinski definition) is 5. The van der Waals surface area contributed by atoms with E-state index in [-0.39, 0.29) is 17.4 Å². The van der Waals surface area contributed by atoms with E-state index in [1.165, 1.54) is 18.2 Å². The predicted molar refractivity (Wildman–Crippen MR) is 123 cm³/mol. The number of benzene rings is 2. The minimum atomic E-state index is -0.396. The van der Waals surface area contributed by atoms with E-state index in [1.54, 1.807) is 37.8 Å². The molecule has 5 rings (SSSR count). The molecule has 3 heterocycles. The number of rotatable bonds is 4. The lowest BCUT2D eigenvalue weighted by molar-refractivity contribution is 0.628. The fraction of sp³-hybridized carbons (Fsp3) is 0.208. The molecule has 0 saturated carbocycles. The Hall–Kier alpha value is -3.65. The smallest absolute Gasteiger partial charge is 0.151 e. The van der Waals surface area contributed by atoms with Crippen LogP contribution in [0.3, 0.4) is 0 Å². The van der Waals surface area contributed by atoms with Crippen molar-refractivity contribution in [2.45, 2.75) is 12.5 Å². The average molecular weight is 432 g/mol. The van der Waals surface area contributed by atoms with Crippen LogP contribution in [0.1, 0.15) is 12.0 Å². The molecule has 1 aliphatic heterocycles. The Kier molecular flexibility index (Phi) is 5.14. The summed E-state index contributed by atoms with van der Waals surface area (Å²) in [7, 11) is 1.64. The first kappa shape index (κ1) is 20.3. The van der Waals surface area contributed by atoms with Crippen LogP contribution < -0.4 is 10.6 Å². The molecule has 2 aromatic carbocycles. The predicted octanol–water partition coefficient (Wildman–Crippen LogP) is 4.16. The molecule has 32 heavy (non-hydrogen) atoms. The van der Waals surface area contributed by atoms with Crippen molar-refractivity contribution >= 4 is 22.9 Å². The zero-order valence-electron chi connectivity index (χ0n) is 17.5. The molecule has 6 nitrogen and oxygen atoms in total. The second-order valence-electron chi connectivity index (χ2n) is 7.96. The number of aromatic nitrogens is 3. The first-order valence-corrected chi connectivity index (χ1v) is 10.4. The minimum absolute atomic E-state index is 0.0345. The summed E-state index contributed by atoms with van der Waals surface area (Å²) in [5.41, 5.74) is 10.7. The number of pyridine rings is 1. The van der Waals surface area contributed by atoms with Crippen LogP contribution in [0.5, 0.6) is 0 Å². The maximum absolute atomic E-state index is 14.4. The SMILES string of the molecule is C/N=C/c1cc(F)cc(-c2cncc(-c3nc4c(F)cccc4[nH]3)c2N2CC[C@H](N)C2)c1.